The van der Waals surface area contributed by atoms with E-state index in [4.69, 9.17) is 4.55 Å². The predicted octanol–water partition coefficient (Wildman–Crippen LogP) is 1.42. The minimum absolute atomic E-state index is 0.118. The average Bonchev–Trinajstić information content (AvgIpc) is 2.60. The molecule has 0 aliphatic rings. The second kappa shape index (κ2) is 7.04. The lowest BCUT2D eigenvalue weighted by Crippen LogP contribution is -2.29. The molecule has 0 spiro atoms. The van der Waals surface area contributed by atoms with Crippen molar-refractivity contribution in [3.63, 3.8) is 0 Å². The van der Waals surface area contributed by atoms with E-state index in [-0.39, 0.29) is 12.2 Å². The van der Waals surface area contributed by atoms with Crippen molar-refractivity contribution in [1.82, 2.24) is 9.55 Å². The molecule has 0 fully saturated rings. The maximum atomic E-state index is 11.0. The highest BCUT2D eigenvalue weighted by Crippen LogP contribution is 2.22. The summed E-state index contributed by atoms with van der Waals surface area (Å²) in [4.78, 5) is 3.84. The van der Waals surface area contributed by atoms with Crippen LogP contribution in [0.5, 0.6) is 0 Å². The number of aliphatic hydroxyl groups is 1. The van der Waals surface area contributed by atoms with Crippen LogP contribution in [0.15, 0.2) is 12.4 Å². The summed E-state index contributed by atoms with van der Waals surface area (Å²) in [6.45, 7) is 1.57. The van der Waals surface area contributed by atoms with Gasteiger partial charge in [0.1, 0.15) is 17.2 Å². The predicted molar refractivity (Wildman–Crippen MR) is 64.0 cm³/mol. The van der Waals surface area contributed by atoms with Gasteiger partial charge in [0.15, 0.2) is 0 Å². The summed E-state index contributed by atoms with van der Waals surface area (Å²) in [5.41, 5.74) is 0. The molecule has 0 aliphatic carbocycles. The van der Waals surface area contributed by atoms with E-state index in [9.17, 15) is 30.8 Å². The number of hydrogen-bond acceptors (Lipinski definition) is 4. The molecule has 118 valence electrons. The Kier molecular flexibility index (Phi) is 6.64. The van der Waals surface area contributed by atoms with Gasteiger partial charge in [-0.3, -0.25) is 4.55 Å². The van der Waals surface area contributed by atoms with Crippen molar-refractivity contribution in [3.8, 4) is 0 Å². The number of hydrogen-bond donors (Lipinski definition) is 2. The maximum absolute atomic E-state index is 11.0. The molecule has 2 atom stereocenters. The van der Waals surface area contributed by atoms with Crippen molar-refractivity contribution in [2.75, 3.05) is 0 Å². The highest BCUT2D eigenvalue weighted by Gasteiger charge is 2.32. The molecule has 0 saturated carbocycles. The van der Waals surface area contributed by atoms with Crippen molar-refractivity contribution in [2.24, 2.45) is 7.05 Å². The van der Waals surface area contributed by atoms with Gasteiger partial charge in [0, 0.05) is 19.4 Å². The van der Waals surface area contributed by atoms with Crippen LogP contribution in [0.2, 0.25) is 0 Å². The molecule has 1 rings (SSSR count). The molecule has 0 bridgehead atoms. The summed E-state index contributed by atoms with van der Waals surface area (Å²) in [6.07, 6.45) is 1.85. The van der Waals surface area contributed by atoms with Crippen LogP contribution in [0.1, 0.15) is 25.3 Å². The lowest BCUT2D eigenvalue weighted by molar-refractivity contribution is 0.152. The summed E-state index contributed by atoms with van der Waals surface area (Å²) < 4.78 is 71.4. The Hall–Kier alpha value is -1.14. The van der Waals surface area contributed by atoms with Crippen LogP contribution in [0.25, 0.3) is 0 Å². The van der Waals surface area contributed by atoms with Gasteiger partial charge in [-0.1, -0.05) is 6.92 Å². The van der Waals surface area contributed by atoms with Crippen LogP contribution in [0, 0.1) is 0 Å². The van der Waals surface area contributed by atoms with Crippen molar-refractivity contribution in [3.05, 3.63) is 18.2 Å². The molecule has 1 aromatic rings. The number of imidazole rings is 1. The van der Waals surface area contributed by atoms with Crippen LogP contribution in [0.4, 0.5) is 17.3 Å². The molecular weight excluding hydrogens is 307 g/mol. The maximum Gasteiger partial charge on any atom is 0.673 e. The monoisotopic (exact) mass is 321 g/mol. The van der Waals surface area contributed by atoms with Gasteiger partial charge in [0.25, 0.3) is 10.1 Å². The zero-order valence-electron chi connectivity index (χ0n) is 10.6. The topological polar surface area (TPSA) is 92.4 Å². The van der Waals surface area contributed by atoms with Gasteiger partial charge in [-0.05, 0) is 6.42 Å². The summed E-state index contributed by atoms with van der Waals surface area (Å²) in [5, 5.41) is 8.53. The molecule has 0 radical (unpaired) electrons. The van der Waals surface area contributed by atoms with Gasteiger partial charge in [-0.15, -0.1) is 0 Å². The molecule has 2 N–H and O–H groups in total. The average molecular weight is 321 g/mol. The highest BCUT2D eigenvalue weighted by atomic mass is 32.2. The van der Waals surface area contributed by atoms with Gasteiger partial charge in [-0.2, -0.15) is 8.42 Å². The van der Waals surface area contributed by atoms with Crippen LogP contribution in [0.3, 0.4) is 0 Å². The first-order valence-corrected chi connectivity index (χ1v) is 6.87. The van der Waals surface area contributed by atoms with Crippen LogP contribution >= 0.6 is 0 Å². The van der Waals surface area contributed by atoms with E-state index in [1.165, 1.54) is 10.8 Å². The van der Waals surface area contributed by atoms with Crippen LogP contribution in [-0.4, -0.2) is 40.1 Å². The van der Waals surface area contributed by atoms with E-state index in [2.05, 4.69) is 4.98 Å². The molecule has 1 aromatic heterocycles. The molecule has 0 amide bonds. The molecule has 20 heavy (non-hydrogen) atoms. The fourth-order valence-electron chi connectivity index (χ4n) is 1.43. The SMILES string of the molecule is CCC(C(O)c1nccn1C)S(=O)(=O)O.F[B-](F)(F)F. The number of aliphatic hydroxyl groups excluding tert-OH is 1. The Bertz CT molecular complexity index is 513. The fraction of sp³-hybridized carbons (Fsp3) is 0.625. The quantitative estimate of drug-likeness (QED) is 0.497. The Morgan fingerprint density at radius 2 is 1.85 bits per heavy atom. The molecule has 1 heterocycles. The summed E-state index contributed by atoms with van der Waals surface area (Å²) in [5.74, 6) is 0.222. The Morgan fingerprint density at radius 1 is 1.40 bits per heavy atom. The van der Waals surface area contributed by atoms with Crippen molar-refractivity contribution in [2.45, 2.75) is 24.7 Å². The number of nitrogens with zero attached hydrogens (tertiary/aromatic N) is 2. The minimum Gasteiger partial charge on any atom is -0.418 e. The van der Waals surface area contributed by atoms with E-state index < -0.39 is 28.7 Å². The standard InChI is InChI=1S/C8H14N2O4S.BF4/c1-3-6(15(12,13)14)7(11)8-9-4-5-10(8)2;2-1(3,4)5/h4-7,11H,3H2,1-2H3,(H,12,13,14);/q;-1. The van der Waals surface area contributed by atoms with E-state index in [1.54, 1.807) is 20.2 Å². The number of halogens is 4. The van der Waals surface area contributed by atoms with Gasteiger partial charge < -0.3 is 26.9 Å². The first-order valence-electron chi connectivity index (χ1n) is 5.36. The third kappa shape index (κ3) is 6.87. The third-order valence-corrected chi connectivity index (χ3v) is 3.62. The van der Waals surface area contributed by atoms with Crippen molar-refractivity contribution in [1.29, 1.82) is 0 Å². The lowest BCUT2D eigenvalue weighted by atomic mass is 10.2. The molecular formula is C8H14BF4N2O4S-. The van der Waals surface area contributed by atoms with Gasteiger partial charge in [0.05, 0.1) is 0 Å². The van der Waals surface area contributed by atoms with Crippen LogP contribution < -0.4 is 0 Å². The van der Waals surface area contributed by atoms with Crippen molar-refractivity contribution < 1.29 is 35.3 Å². The molecule has 0 aliphatic heterocycles. The second-order valence-electron chi connectivity index (χ2n) is 3.80. The van der Waals surface area contributed by atoms with E-state index in [0.29, 0.717) is 0 Å². The molecule has 0 aromatic carbocycles. The number of aromatic nitrogens is 2. The summed E-state index contributed by atoms with van der Waals surface area (Å²) in [6, 6.07) is 0. The first kappa shape index (κ1) is 18.9. The molecule has 12 heteroatoms. The number of rotatable bonds is 4. The zero-order valence-corrected chi connectivity index (χ0v) is 11.4. The third-order valence-electron chi connectivity index (χ3n) is 2.26. The zero-order chi connectivity index (χ0) is 16.1. The summed E-state index contributed by atoms with van der Waals surface area (Å²) >= 11 is 0. The lowest BCUT2D eigenvalue weighted by Gasteiger charge is -2.18. The Morgan fingerprint density at radius 3 is 2.10 bits per heavy atom. The normalized spacial score (nSPS) is 15.2. The van der Waals surface area contributed by atoms with Gasteiger partial charge in [0.2, 0.25) is 0 Å². The van der Waals surface area contributed by atoms with E-state index >= 15 is 0 Å². The van der Waals surface area contributed by atoms with Crippen molar-refractivity contribution >= 4 is 17.4 Å². The van der Waals surface area contributed by atoms with Gasteiger partial charge in [-0.25, -0.2) is 4.98 Å². The second-order valence-corrected chi connectivity index (χ2v) is 5.43. The first-order chi connectivity index (χ1) is 8.88. The Labute approximate surface area is 113 Å². The largest absolute Gasteiger partial charge is 0.673 e. The Balaban J connectivity index is 0.000000621. The van der Waals surface area contributed by atoms with Crippen LogP contribution in [-0.2, 0) is 17.2 Å². The minimum atomic E-state index is -6.00. The molecule has 2 unspecified atom stereocenters. The molecule has 0 saturated heterocycles. The fourth-order valence-corrected chi connectivity index (χ4v) is 2.29. The molecule has 6 nitrogen and oxygen atoms in total. The number of aryl methyl sites for hydroxylation is 1. The van der Waals surface area contributed by atoms with E-state index in [0.717, 1.165) is 0 Å². The van der Waals surface area contributed by atoms with Gasteiger partial charge >= 0.3 is 7.25 Å². The van der Waals surface area contributed by atoms with E-state index in [1.807, 2.05) is 0 Å². The highest BCUT2D eigenvalue weighted by molar-refractivity contribution is 7.86. The summed E-state index contributed by atoms with van der Waals surface area (Å²) in [7, 11) is -8.62. The smallest absolute Gasteiger partial charge is 0.418 e.